The second-order valence-electron chi connectivity index (χ2n) is 14.5. The lowest BCUT2D eigenvalue weighted by atomic mass is 10.00. The molecular formula is C40H50N6O7S. The fourth-order valence-electron chi connectivity index (χ4n) is 6.84. The molecule has 0 radical (unpaired) electrons. The second-order valence-corrected chi connectivity index (χ2v) is 15.6. The number of carbonyl (C=O) groups is 6. The summed E-state index contributed by atoms with van der Waals surface area (Å²) in [6.45, 7) is 7.23. The van der Waals surface area contributed by atoms with Crippen LogP contribution in [0.3, 0.4) is 0 Å². The van der Waals surface area contributed by atoms with Gasteiger partial charge in [-0.15, -0.1) is 11.3 Å². The molecule has 3 aromatic rings. The number of benzene rings is 2. The van der Waals surface area contributed by atoms with Crippen LogP contribution >= 0.6 is 11.3 Å². The summed E-state index contributed by atoms with van der Waals surface area (Å²) in [6, 6.07) is 15.3. The Morgan fingerprint density at radius 3 is 2.24 bits per heavy atom. The van der Waals surface area contributed by atoms with Gasteiger partial charge in [0, 0.05) is 30.8 Å². The van der Waals surface area contributed by atoms with Gasteiger partial charge >= 0.3 is 0 Å². The molecule has 1 aromatic heterocycles. The zero-order chi connectivity index (χ0) is 38.9. The molecule has 14 heteroatoms. The lowest BCUT2D eigenvalue weighted by Crippen LogP contribution is -2.59. The van der Waals surface area contributed by atoms with Crippen molar-refractivity contribution in [3.63, 3.8) is 0 Å². The molecule has 2 saturated heterocycles. The predicted octanol–water partition coefficient (Wildman–Crippen LogP) is 2.46. The van der Waals surface area contributed by atoms with Crippen molar-refractivity contribution in [3.8, 4) is 10.4 Å². The summed E-state index contributed by atoms with van der Waals surface area (Å²) in [5, 5.41) is 24.5. The van der Waals surface area contributed by atoms with Gasteiger partial charge in [-0.2, -0.15) is 0 Å². The predicted molar refractivity (Wildman–Crippen MR) is 205 cm³/mol. The Balaban J connectivity index is 1.45. The van der Waals surface area contributed by atoms with Crippen LogP contribution in [0, 0.1) is 12.8 Å². The van der Waals surface area contributed by atoms with Gasteiger partial charge in [-0.1, -0.05) is 74.5 Å². The van der Waals surface area contributed by atoms with Gasteiger partial charge in [-0.3, -0.25) is 28.8 Å². The van der Waals surface area contributed by atoms with Gasteiger partial charge in [0.25, 0.3) is 5.91 Å². The van der Waals surface area contributed by atoms with Crippen molar-refractivity contribution in [2.45, 2.75) is 96.1 Å². The van der Waals surface area contributed by atoms with Crippen LogP contribution in [0.25, 0.3) is 10.4 Å². The summed E-state index contributed by atoms with van der Waals surface area (Å²) in [5.41, 5.74) is 2.64. The van der Waals surface area contributed by atoms with E-state index in [2.05, 4.69) is 26.6 Å². The zero-order valence-electron chi connectivity index (χ0n) is 31.1. The quantitative estimate of drug-likeness (QED) is 0.214. The number of rotatable bonds is 7. The number of thiophene rings is 1. The van der Waals surface area contributed by atoms with Crippen LogP contribution in [-0.2, 0) is 30.4 Å². The Labute approximate surface area is 319 Å². The highest BCUT2D eigenvalue weighted by molar-refractivity contribution is 7.17. The van der Waals surface area contributed by atoms with Crippen molar-refractivity contribution in [1.29, 1.82) is 0 Å². The lowest BCUT2D eigenvalue weighted by Gasteiger charge is -2.29. The van der Waals surface area contributed by atoms with E-state index in [4.69, 9.17) is 0 Å². The van der Waals surface area contributed by atoms with Crippen LogP contribution < -0.4 is 26.6 Å². The van der Waals surface area contributed by atoms with E-state index in [9.17, 15) is 33.9 Å². The minimum absolute atomic E-state index is 0.0271. The Bertz CT molecular complexity index is 1820. The van der Waals surface area contributed by atoms with Crippen LogP contribution in [0.4, 0.5) is 0 Å². The topological polar surface area (TPSA) is 186 Å². The molecule has 13 nitrogen and oxygen atoms in total. The van der Waals surface area contributed by atoms with Gasteiger partial charge in [0.2, 0.25) is 29.5 Å². The maximum atomic E-state index is 14.1. The summed E-state index contributed by atoms with van der Waals surface area (Å²) in [5.74, 6) is -3.30. The number of amides is 6. The van der Waals surface area contributed by atoms with Crippen LogP contribution in [0.5, 0.6) is 0 Å². The summed E-state index contributed by atoms with van der Waals surface area (Å²) < 4.78 is 0. The first-order chi connectivity index (χ1) is 25.8. The molecule has 54 heavy (non-hydrogen) atoms. The number of carbonyl (C=O) groups excluding carboxylic acids is 6. The molecule has 2 aromatic carbocycles. The SMILES string of the molecule is Cc1cc(C(=O)N[C@H]2CCCNC(=O)[C@@H]3C[C@@H](O)CN3C(=O)[C@H](C)NC(=O)[C@H](CC(C)C)NC(=O)[C@@H](Cc3ccccc3)NC2=O)sc1-c1ccccc1. The third kappa shape index (κ3) is 10.3. The maximum Gasteiger partial charge on any atom is 0.262 e. The minimum Gasteiger partial charge on any atom is -0.391 e. The Kier molecular flexibility index (Phi) is 13.6. The molecule has 0 bridgehead atoms. The molecule has 0 unspecified atom stereocenters. The van der Waals surface area contributed by atoms with Crippen molar-refractivity contribution in [1.82, 2.24) is 31.5 Å². The summed E-state index contributed by atoms with van der Waals surface area (Å²) in [6.07, 6.45) is -0.184. The third-order valence-electron chi connectivity index (χ3n) is 9.62. The van der Waals surface area contributed by atoms with Gasteiger partial charge in [-0.05, 0) is 61.8 Å². The molecule has 5 rings (SSSR count). The van der Waals surface area contributed by atoms with Crippen molar-refractivity contribution in [2.75, 3.05) is 13.1 Å². The molecule has 2 aliphatic heterocycles. The van der Waals surface area contributed by atoms with Crippen molar-refractivity contribution in [3.05, 3.63) is 82.7 Å². The monoisotopic (exact) mass is 758 g/mol. The highest BCUT2D eigenvalue weighted by Crippen LogP contribution is 2.32. The highest BCUT2D eigenvalue weighted by atomic mass is 32.1. The van der Waals surface area contributed by atoms with Crippen LogP contribution in [0.2, 0.25) is 0 Å². The Morgan fingerprint density at radius 2 is 1.56 bits per heavy atom. The van der Waals surface area contributed by atoms with Crippen molar-refractivity contribution < 1.29 is 33.9 Å². The molecular weight excluding hydrogens is 709 g/mol. The second kappa shape index (κ2) is 18.3. The first-order valence-corrected chi connectivity index (χ1v) is 19.3. The number of nitrogens with one attached hydrogen (secondary N) is 5. The van der Waals surface area contributed by atoms with Crippen LogP contribution in [-0.4, -0.2) is 94.9 Å². The molecule has 2 fully saturated rings. The Hall–Kier alpha value is -5.08. The molecule has 6 N–H and O–H groups in total. The lowest BCUT2D eigenvalue weighted by molar-refractivity contribution is -0.141. The average Bonchev–Trinajstić information content (AvgIpc) is 3.74. The van der Waals surface area contributed by atoms with Crippen LogP contribution in [0.15, 0.2) is 66.7 Å². The average molecular weight is 759 g/mol. The van der Waals surface area contributed by atoms with E-state index < -0.39 is 71.8 Å². The number of hydrogen-bond acceptors (Lipinski definition) is 8. The molecule has 6 amide bonds. The number of hydrogen-bond donors (Lipinski definition) is 6. The summed E-state index contributed by atoms with van der Waals surface area (Å²) in [4.78, 5) is 85.1. The number of aliphatic hydroxyl groups excluding tert-OH is 1. The molecule has 288 valence electrons. The van der Waals surface area contributed by atoms with E-state index in [1.807, 2.05) is 81.4 Å². The first kappa shape index (κ1) is 40.1. The first-order valence-electron chi connectivity index (χ1n) is 18.5. The van der Waals surface area contributed by atoms with Gasteiger partial charge in [0.15, 0.2) is 0 Å². The normalized spacial score (nSPS) is 24.8. The van der Waals surface area contributed by atoms with Crippen LogP contribution in [0.1, 0.15) is 67.3 Å². The fourth-order valence-corrected chi connectivity index (χ4v) is 7.92. The Morgan fingerprint density at radius 1 is 0.907 bits per heavy atom. The molecule has 0 spiro atoms. The minimum atomic E-state index is -1.13. The van der Waals surface area contributed by atoms with E-state index >= 15 is 0 Å². The number of aryl methyl sites for hydroxylation is 1. The van der Waals surface area contributed by atoms with Gasteiger partial charge < -0.3 is 36.6 Å². The van der Waals surface area contributed by atoms with E-state index in [1.165, 1.54) is 23.2 Å². The van der Waals surface area contributed by atoms with Gasteiger partial charge in [-0.25, -0.2) is 0 Å². The molecule has 3 heterocycles. The summed E-state index contributed by atoms with van der Waals surface area (Å²) >= 11 is 1.31. The maximum absolute atomic E-state index is 14.1. The largest absolute Gasteiger partial charge is 0.391 e. The molecule has 6 atom stereocenters. The third-order valence-corrected chi connectivity index (χ3v) is 10.9. The van der Waals surface area contributed by atoms with E-state index in [-0.39, 0.29) is 51.1 Å². The van der Waals surface area contributed by atoms with E-state index in [1.54, 1.807) is 6.07 Å². The number of nitrogens with zero attached hydrogens (tertiary/aromatic N) is 1. The molecule has 0 saturated carbocycles. The zero-order valence-corrected chi connectivity index (χ0v) is 31.9. The standard InChI is InChI=1S/C40H50N6O7S/c1-23(2)18-30-36(49)42-25(4)40(53)46-22-28(47)21-32(46)38(51)41-17-11-16-29(35(48)45-31(37(50)44-30)20-26-12-7-5-8-13-26)43-39(52)33-19-24(3)34(54-33)27-14-9-6-10-15-27/h5-10,12-15,19,23,25,28-32,47H,11,16-18,20-22H2,1-4H3,(H,41,51)(H,42,49)(H,43,52)(H,44,50)(H,45,48)/t25-,28+,29-,30-,31+,32-/m0/s1. The number of aliphatic hydroxyl groups is 1. The van der Waals surface area contributed by atoms with E-state index in [0.29, 0.717) is 4.88 Å². The molecule has 0 aliphatic carbocycles. The van der Waals surface area contributed by atoms with Gasteiger partial charge in [0.1, 0.15) is 30.2 Å². The fraction of sp³-hybridized carbons (Fsp3) is 0.450. The van der Waals surface area contributed by atoms with Crippen molar-refractivity contribution in [2.24, 2.45) is 5.92 Å². The van der Waals surface area contributed by atoms with Gasteiger partial charge in [0.05, 0.1) is 11.0 Å². The smallest absolute Gasteiger partial charge is 0.262 e. The summed E-state index contributed by atoms with van der Waals surface area (Å²) in [7, 11) is 0. The van der Waals surface area contributed by atoms with Crippen molar-refractivity contribution >= 4 is 46.8 Å². The number of fused-ring (bicyclic) bond motifs is 1. The highest BCUT2D eigenvalue weighted by Gasteiger charge is 2.41. The molecule has 2 aliphatic rings. The van der Waals surface area contributed by atoms with E-state index in [0.717, 1.165) is 21.6 Å².